The van der Waals surface area contributed by atoms with Crippen molar-refractivity contribution in [2.45, 2.75) is 39.4 Å². The quantitative estimate of drug-likeness (QED) is 0.702. The van der Waals surface area contributed by atoms with Gasteiger partial charge in [0, 0.05) is 12.7 Å². The first-order valence-electron chi connectivity index (χ1n) is 7.85. The SMILES string of the molecule is CNC(=O)NC(=O)[C@@H](C)OC(=O)c1cccc(NC(=O)OC(C)(C)C)c1. The molecule has 0 aliphatic heterocycles. The number of imide groups is 1. The maximum atomic E-state index is 12.1. The molecule has 1 atom stereocenters. The molecule has 26 heavy (non-hydrogen) atoms. The number of ether oxygens (including phenoxy) is 2. The summed E-state index contributed by atoms with van der Waals surface area (Å²) in [6, 6.07) is 5.25. The molecule has 0 fully saturated rings. The first kappa shape index (κ1) is 20.9. The second-order valence-corrected chi connectivity index (χ2v) is 6.32. The van der Waals surface area contributed by atoms with Crippen molar-refractivity contribution in [2.24, 2.45) is 0 Å². The van der Waals surface area contributed by atoms with Crippen LogP contribution in [-0.2, 0) is 14.3 Å². The van der Waals surface area contributed by atoms with Crippen molar-refractivity contribution in [3.63, 3.8) is 0 Å². The molecule has 1 aromatic rings. The van der Waals surface area contributed by atoms with Gasteiger partial charge >= 0.3 is 18.1 Å². The molecule has 9 heteroatoms. The first-order chi connectivity index (χ1) is 12.0. The Kier molecular flexibility index (Phi) is 7.12. The Balaban J connectivity index is 2.71. The third-order valence-corrected chi connectivity index (χ3v) is 2.86. The third-order valence-electron chi connectivity index (χ3n) is 2.86. The van der Waals surface area contributed by atoms with Crippen molar-refractivity contribution in [1.29, 1.82) is 0 Å². The number of carbonyl (C=O) groups excluding carboxylic acids is 4. The normalized spacial score (nSPS) is 11.7. The summed E-state index contributed by atoms with van der Waals surface area (Å²) in [6.45, 7) is 6.52. The molecule has 0 bridgehead atoms. The van der Waals surface area contributed by atoms with Crippen molar-refractivity contribution in [1.82, 2.24) is 10.6 Å². The number of carbonyl (C=O) groups is 4. The van der Waals surface area contributed by atoms with E-state index in [1.54, 1.807) is 32.9 Å². The molecule has 0 aromatic heterocycles. The van der Waals surface area contributed by atoms with Crippen LogP contribution < -0.4 is 16.0 Å². The number of anilines is 1. The van der Waals surface area contributed by atoms with E-state index in [4.69, 9.17) is 9.47 Å². The number of nitrogens with one attached hydrogen (secondary N) is 3. The number of hydrogen-bond donors (Lipinski definition) is 3. The lowest BCUT2D eigenvalue weighted by Gasteiger charge is -2.19. The van der Waals surface area contributed by atoms with Crippen LogP contribution in [-0.4, -0.2) is 42.8 Å². The fraction of sp³-hybridized carbons (Fsp3) is 0.412. The Morgan fingerprint density at radius 3 is 2.35 bits per heavy atom. The highest BCUT2D eigenvalue weighted by molar-refractivity contribution is 5.98. The van der Waals surface area contributed by atoms with Crippen LogP contribution in [0.5, 0.6) is 0 Å². The number of amides is 4. The van der Waals surface area contributed by atoms with E-state index in [-0.39, 0.29) is 5.56 Å². The zero-order chi connectivity index (χ0) is 19.9. The summed E-state index contributed by atoms with van der Waals surface area (Å²) in [7, 11) is 1.35. The lowest BCUT2D eigenvalue weighted by Crippen LogP contribution is -2.43. The van der Waals surface area contributed by atoms with Gasteiger partial charge in [-0.25, -0.2) is 14.4 Å². The zero-order valence-electron chi connectivity index (χ0n) is 15.3. The molecule has 0 saturated carbocycles. The van der Waals surface area contributed by atoms with E-state index >= 15 is 0 Å². The van der Waals surface area contributed by atoms with Crippen molar-refractivity contribution < 1.29 is 28.7 Å². The Labute approximate surface area is 151 Å². The van der Waals surface area contributed by atoms with Crippen LogP contribution in [0.15, 0.2) is 24.3 Å². The monoisotopic (exact) mass is 365 g/mol. The summed E-state index contributed by atoms with van der Waals surface area (Å²) in [5, 5.41) is 6.72. The highest BCUT2D eigenvalue weighted by Crippen LogP contribution is 2.15. The molecule has 142 valence electrons. The van der Waals surface area contributed by atoms with Crippen molar-refractivity contribution >= 4 is 29.7 Å². The molecule has 0 spiro atoms. The highest BCUT2D eigenvalue weighted by atomic mass is 16.6. The van der Waals surface area contributed by atoms with Gasteiger partial charge in [0.25, 0.3) is 5.91 Å². The molecular weight excluding hydrogens is 342 g/mol. The molecule has 0 unspecified atom stereocenters. The van der Waals surface area contributed by atoms with Crippen molar-refractivity contribution in [2.75, 3.05) is 12.4 Å². The van der Waals surface area contributed by atoms with E-state index in [2.05, 4.69) is 10.6 Å². The van der Waals surface area contributed by atoms with E-state index in [0.717, 1.165) is 0 Å². The molecule has 9 nitrogen and oxygen atoms in total. The molecular formula is C17H23N3O6. The topological polar surface area (TPSA) is 123 Å². The van der Waals surface area contributed by atoms with Gasteiger partial charge in [-0.3, -0.25) is 15.4 Å². The second kappa shape index (κ2) is 8.84. The van der Waals surface area contributed by atoms with Crippen LogP contribution >= 0.6 is 0 Å². The van der Waals surface area contributed by atoms with Gasteiger partial charge in [0.1, 0.15) is 5.60 Å². The Hall–Kier alpha value is -3.10. The molecule has 1 aromatic carbocycles. The number of rotatable bonds is 4. The summed E-state index contributed by atoms with van der Waals surface area (Å²) >= 11 is 0. The summed E-state index contributed by atoms with van der Waals surface area (Å²) < 4.78 is 10.1. The number of benzene rings is 1. The van der Waals surface area contributed by atoms with Gasteiger partial charge in [-0.15, -0.1) is 0 Å². The number of urea groups is 1. The van der Waals surface area contributed by atoms with E-state index in [1.807, 2.05) is 5.32 Å². The van der Waals surface area contributed by atoms with E-state index in [0.29, 0.717) is 5.69 Å². The molecule has 0 heterocycles. The lowest BCUT2D eigenvalue weighted by molar-refractivity contribution is -0.127. The molecule has 3 N–H and O–H groups in total. The largest absolute Gasteiger partial charge is 0.449 e. The molecule has 4 amide bonds. The Morgan fingerprint density at radius 2 is 1.77 bits per heavy atom. The van der Waals surface area contributed by atoms with Crippen LogP contribution in [0.2, 0.25) is 0 Å². The molecule has 1 rings (SSSR count). The second-order valence-electron chi connectivity index (χ2n) is 6.32. The molecule has 0 radical (unpaired) electrons. The Morgan fingerprint density at radius 1 is 1.12 bits per heavy atom. The van der Waals surface area contributed by atoms with Crippen LogP contribution in [0.3, 0.4) is 0 Å². The van der Waals surface area contributed by atoms with Gasteiger partial charge in [0.05, 0.1) is 5.56 Å². The maximum Gasteiger partial charge on any atom is 0.412 e. The van der Waals surface area contributed by atoms with Crippen LogP contribution in [0.4, 0.5) is 15.3 Å². The van der Waals surface area contributed by atoms with E-state index < -0.39 is 35.7 Å². The standard InChI is InChI=1S/C17H23N3O6/c1-10(13(21)20-15(23)18-5)25-14(22)11-7-6-8-12(9-11)19-16(24)26-17(2,3)4/h6-10H,1-5H3,(H,19,24)(H2,18,20,21,23)/t10-/m1/s1. The Bertz CT molecular complexity index is 696. The molecule has 0 saturated heterocycles. The summed E-state index contributed by atoms with van der Waals surface area (Å²) in [5.74, 6) is -1.54. The van der Waals surface area contributed by atoms with Gasteiger partial charge in [-0.05, 0) is 45.9 Å². The van der Waals surface area contributed by atoms with Crippen LogP contribution in [0.25, 0.3) is 0 Å². The third kappa shape index (κ3) is 7.20. The summed E-state index contributed by atoms with van der Waals surface area (Å²) in [5.41, 5.74) is -0.205. The van der Waals surface area contributed by atoms with Gasteiger partial charge in [-0.1, -0.05) is 6.07 Å². The van der Waals surface area contributed by atoms with Gasteiger partial charge in [0.2, 0.25) is 0 Å². The van der Waals surface area contributed by atoms with Gasteiger partial charge < -0.3 is 14.8 Å². The van der Waals surface area contributed by atoms with Crippen LogP contribution in [0.1, 0.15) is 38.1 Å². The number of hydrogen-bond acceptors (Lipinski definition) is 6. The van der Waals surface area contributed by atoms with Crippen LogP contribution in [0, 0.1) is 0 Å². The van der Waals surface area contributed by atoms with E-state index in [1.165, 1.54) is 26.1 Å². The van der Waals surface area contributed by atoms with Crippen molar-refractivity contribution in [3.8, 4) is 0 Å². The van der Waals surface area contributed by atoms with Gasteiger partial charge in [0.15, 0.2) is 6.10 Å². The number of esters is 1. The molecule has 0 aliphatic carbocycles. The minimum Gasteiger partial charge on any atom is -0.449 e. The average Bonchev–Trinajstić information content (AvgIpc) is 2.52. The predicted octanol–water partition coefficient (Wildman–Crippen LogP) is 2.03. The minimum absolute atomic E-state index is 0.123. The zero-order valence-corrected chi connectivity index (χ0v) is 15.3. The maximum absolute atomic E-state index is 12.1. The summed E-state index contributed by atoms with van der Waals surface area (Å²) in [6.07, 6.45) is -1.84. The van der Waals surface area contributed by atoms with E-state index in [9.17, 15) is 19.2 Å². The fourth-order valence-corrected chi connectivity index (χ4v) is 1.70. The highest BCUT2D eigenvalue weighted by Gasteiger charge is 2.21. The van der Waals surface area contributed by atoms with Gasteiger partial charge in [-0.2, -0.15) is 0 Å². The first-order valence-corrected chi connectivity index (χ1v) is 7.85. The molecule has 0 aliphatic rings. The lowest BCUT2D eigenvalue weighted by atomic mass is 10.2. The predicted molar refractivity (Wildman–Crippen MR) is 93.8 cm³/mol. The summed E-state index contributed by atoms with van der Waals surface area (Å²) in [4.78, 5) is 46.7. The van der Waals surface area contributed by atoms with Crippen molar-refractivity contribution in [3.05, 3.63) is 29.8 Å². The fourth-order valence-electron chi connectivity index (χ4n) is 1.70. The average molecular weight is 365 g/mol. The smallest absolute Gasteiger partial charge is 0.412 e. The minimum atomic E-state index is -1.18.